The lowest BCUT2D eigenvalue weighted by Gasteiger charge is -2.46. The van der Waals surface area contributed by atoms with E-state index >= 15 is 0 Å². The zero-order valence-corrected chi connectivity index (χ0v) is 55.6. The highest BCUT2D eigenvalue weighted by Crippen LogP contribution is 2.52. The summed E-state index contributed by atoms with van der Waals surface area (Å²) in [4.78, 5) is 119. The van der Waals surface area contributed by atoms with Crippen molar-refractivity contribution in [3.05, 3.63) is 296 Å². The molecular formula is C72H68N8O8P4. The van der Waals surface area contributed by atoms with E-state index in [1.165, 1.54) is 56.9 Å². The Bertz CT molecular complexity index is 4140. The van der Waals surface area contributed by atoms with E-state index in [2.05, 4.69) is 0 Å². The molecule has 92 heavy (non-hydrogen) atoms. The van der Waals surface area contributed by atoms with Crippen molar-refractivity contribution in [1.29, 1.82) is 0 Å². The molecule has 0 aliphatic carbocycles. The topological polar surface area (TPSA) is 169 Å². The van der Waals surface area contributed by atoms with Gasteiger partial charge in [-0.25, -0.2) is 19.2 Å². The van der Waals surface area contributed by atoms with Gasteiger partial charge in [-0.05, 0) is 74.1 Å². The van der Waals surface area contributed by atoms with Crippen molar-refractivity contribution in [2.45, 2.75) is 23.4 Å². The summed E-state index contributed by atoms with van der Waals surface area (Å²) in [5.41, 5.74) is -2.75. The number of rotatable bonds is 14. The van der Waals surface area contributed by atoms with Gasteiger partial charge in [-0.2, -0.15) is 0 Å². The zero-order valence-electron chi connectivity index (χ0n) is 52.0. The van der Waals surface area contributed by atoms with Gasteiger partial charge in [0.15, 0.2) is 0 Å². The van der Waals surface area contributed by atoms with E-state index in [-0.39, 0.29) is 11.8 Å². The first-order valence-corrected chi connectivity index (χ1v) is 35.2. The summed E-state index contributed by atoms with van der Waals surface area (Å²) in [6.45, 7) is 0. The van der Waals surface area contributed by atoms with E-state index in [0.29, 0.717) is 22.0 Å². The molecule has 16 nitrogen and oxygen atoms in total. The van der Waals surface area contributed by atoms with Crippen LogP contribution in [0.15, 0.2) is 262 Å². The van der Waals surface area contributed by atoms with Crippen LogP contribution in [0.5, 0.6) is 0 Å². The van der Waals surface area contributed by atoms with Gasteiger partial charge in [0.25, 0.3) is 11.1 Å². The van der Waals surface area contributed by atoms with E-state index in [0.717, 1.165) is 51.6 Å². The first-order chi connectivity index (χ1) is 44.4. The minimum atomic E-state index is -1.51. The Balaban J connectivity index is 0.000000188. The number of hydrogen-bond donors (Lipinski definition) is 0. The molecule has 2 aliphatic rings. The minimum absolute atomic E-state index is 0.352. The summed E-state index contributed by atoms with van der Waals surface area (Å²) in [5.74, 6) is -0.704. The van der Waals surface area contributed by atoms with Gasteiger partial charge in [0, 0.05) is 56.4 Å². The molecule has 2 aliphatic heterocycles. The number of amides is 6. The maximum absolute atomic E-state index is 14.6. The molecule has 0 spiro atoms. The first-order valence-electron chi connectivity index (χ1n) is 29.7. The van der Waals surface area contributed by atoms with Crippen LogP contribution in [0.4, 0.5) is 9.59 Å². The predicted octanol–water partition coefficient (Wildman–Crippen LogP) is 5.82. The average molecular weight is 1300 g/mol. The first kappa shape index (κ1) is 64.3. The summed E-state index contributed by atoms with van der Waals surface area (Å²) in [6.07, 6.45) is 0. The normalized spacial score (nSPS) is 16.8. The Hall–Kier alpha value is -9.28. The van der Waals surface area contributed by atoms with Gasteiger partial charge >= 0.3 is 23.4 Å². The largest absolute Gasteiger partial charge is 0.330 e. The van der Waals surface area contributed by atoms with Gasteiger partial charge in [0.05, 0.1) is 45.4 Å². The number of nitrogens with zero attached hydrogens (tertiary/aromatic N) is 8. The van der Waals surface area contributed by atoms with Crippen LogP contribution in [0.3, 0.4) is 0 Å². The molecule has 0 bridgehead atoms. The minimum Gasteiger partial charge on any atom is -0.318 e. The lowest BCUT2D eigenvalue weighted by molar-refractivity contribution is -0.131. The summed E-state index contributed by atoms with van der Waals surface area (Å²) in [6, 6.07) is 75.5. The lowest BCUT2D eigenvalue weighted by atomic mass is 10.0. The SMILES string of the molecule is CN1C(=O)C(P(c2ccccc2)c2ccccc2)[C@H](c2c(P(c3ccccc3)c3ccccc3)c(=O)n(C)c(=O)n2C)N(C)C1=O.CN1C(=O)[C@H](P(c2ccccc2)c2ccccc2)[C@@H](c2c(P(c3ccccc3)c3ccccc3)c(=O)n(C)c(=O)n2C)N(C)C1=O. The molecule has 10 aromatic rings. The van der Waals surface area contributed by atoms with Crippen molar-refractivity contribution >= 4 is 109 Å². The number of aromatic nitrogens is 4. The van der Waals surface area contributed by atoms with Crippen LogP contribution in [0.1, 0.15) is 23.5 Å². The molecular weight excluding hydrogens is 1230 g/mol. The Labute approximate surface area is 538 Å². The third kappa shape index (κ3) is 12.0. The van der Waals surface area contributed by atoms with Crippen LogP contribution in [0, 0.1) is 0 Å². The fraction of sp³-hybridized carbons (Fsp3) is 0.167. The predicted molar refractivity (Wildman–Crippen MR) is 374 cm³/mol. The summed E-state index contributed by atoms with van der Waals surface area (Å²) in [5, 5.41) is 8.30. The van der Waals surface area contributed by atoms with Gasteiger partial charge in [-0.3, -0.25) is 47.2 Å². The third-order valence-corrected chi connectivity index (χ3v) is 27.4. The number of urea groups is 2. The quantitative estimate of drug-likeness (QED) is 0.123. The molecule has 464 valence electrons. The van der Waals surface area contributed by atoms with Crippen LogP contribution in [-0.4, -0.2) is 101 Å². The van der Waals surface area contributed by atoms with Crippen molar-refractivity contribution in [2.24, 2.45) is 28.2 Å². The Kier molecular flexibility index (Phi) is 19.3. The zero-order chi connectivity index (χ0) is 65.1. The van der Waals surface area contributed by atoms with Gasteiger partial charge in [0.1, 0.15) is 0 Å². The van der Waals surface area contributed by atoms with Crippen LogP contribution >= 0.6 is 31.7 Å². The molecule has 2 aromatic heterocycles. The van der Waals surface area contributed by atoms with E-state index in [9.17, 15) is 38.4 Å². The van der Waals surface area contributed by atoms with Crippen LogP contribution in [-0.2, 0) is 37.8 Å². The maximum atomic E-state index is 14.6. The molecule has 6 amide bonds. The van der Waals surface area contributed by atoms with Gasteiger partial charge in [-0.15, -0.1) is 0 Å². The van der Waals surface area contributed by atoms with Crippen LogP contribution in [0.25, 0.3) is 0 Å². The number of carbonyl (C=O) groups is 4. The molecule has 12 rings (SSSR count). The molecule has 0 radical (unpaired) electrons. The van der Waals surface area contributed by atoms with E-state index in [4.69, 9.17) is 0 Å². The van der Waals surface area contributed by atoms with Crippen molar-refractivity contribution in [3.63, 3.8) is 0 Å². The summed E-state index contributed by atoms with van der Waals surface area (Å²) >= 11 is 0. The second-order valence-electron chi connectivity index (χ2n) is 22.3. The Morgan fingerprint density at radius 1 is 0.272 bits per heavy atom. The van der Waals surface area contributed by atoms with Crippen molar-refractivity contribution < 1.29 is 19.2 Å². The molecule has 2 fully saturated rings. The number of benzene rings is 8. The average Bonchev–Trinajstić information content (AvgIpc) is 0.734. The number of imide groups is 2. The number of hydrogen-bond acceptors (Lipinski definition) is 8. The number of carbonyl (C=O) groups excluding carboxylic acids is 4. The highest BCUT2D eigenvalue weighted by atomic mass is 31.1. The lowest BCUT2D eigenvalue weighted by Crippen LogP contribution is -2.61. The molecule has 2 saturated heterocycles. The second kappa shape index (κ2) is 27.7. The van der Waals surface area contributed by atoms with E-state index in [1.807, 2.05) is 243 Å². The smallest absolute Gasteiger partial charge is 0.318 e. The van der Waals surface area contributed by atoms with Crippen LogP contribution < -0.4 is 75.5 Å². The molecule has 8 aromatic carbocycles. The van der Waals surface area contributed by atoms with Crippen molar-refractivity contribution in [1.82, 2.24) is 37.9 Å². The fourth-order valence-corrected chi connectivity index (χ4v) is 23.5. The summed E-state index contributed by atoms with van der Waals surface area (Å²) in [7, 11) is 6.67. The Morgan fingerprint density at radius 3 is 0.696 bits per heavy atom. The third-order valence-electron chi connectivity index (χ3n) is 16.9. The van der Waals surface area contributed by atoms with Gasteiger partial charge < -0.3 is 9.80 Å². The Morgan fingerprint density at radius 2 is 0.478 bits per heavy atom. The molecule has 1 unspecified atom stereocenters. The molecule has 0 N–H and O–H groups in total. The van der Waals surface area contributed by atoms with E-state index in [1.54, 1.807) is 28.2 Å². The molecule has 0 saturated carbocycles. The highest BCUT2D eigenvalue weighted by molar-refractivity contribution is 7.80. The highest BCUT2D eigenvalue weighted by Gasteiger charge is 2.53. The van der Waals surface area contributed by atoms with Gasteiger partial charge in [0.2, 0.25) is 11.8 Å². The maximum Gasteiger partial charge on any atom is 0.330 e. The fourth-order valence-electron chi connectivity index (χ4n) is 12.4. The molecule has 4 atom stereocenters. The summed E-state index contributed by atoms with van der Waals surface area (Å²) < 4.78 is 5.21. The monoisotopic (exact) mass is 1300 g/mol. The standard InChI is InChI=1S/2C36H34N4O4P2/c2*1-37-29(31(33(41)39(3)35(37)43)45(25-17-9-5-10-18-25)26-19-11-6-12-20-26)30-32(34(42)40(4)36(44)38(30)2)46(27-21-13-7-14-22-27)28-23-15-8-16-24-28/h2*5-24,29,31H,1-4H3/t29-,31?;29-,31-/m01/s1. The van der Waals surface area contributed by atoms with Gasteiger partial charge in [-0.1, -0.05) is 243 Å². The van der Waals surface area contributed by atoms with Crippen LogP contribution in [0.2, 0.25) is 0 Å². The second-order valence-corrected chi connectivity index (χ2v) is 31.3. The van der Waals surface area contributed by atoms with E-state index < -0.39 is 89.6 Å². The molecule has 4 heterocycles. The van der Waals surface area contributed by atoms with Crippen molar-refractivity contribution in [2.75, 3.05) is 28.2 Å². The van der Waals surface area contributed by atoms with Crippen molar-refractivity contribution in [3.8, 4) is 0 Å². The molecule has 20 heteroatoms.